The Morgan fingerprint density at radius 3 is 2.45 bits per heavy atom. The van der Waals surface area contributed by atoms with Crippen molar-refractivity contribution in [2.45, 2.75) is 58.5 Å². The maximum atomic E-state index is 9.45. The van der Waals surface area contributed by atoms with Gasteiger partial charge in [0.25, 0.3) is 0 Å². The molecule has 0 unspecified atom stereocenters. The summed E-state index contributed by atoms with van der Waals surface area (Å²) < 4.78 is 17.0. The monoisotopic (exact) mass is 312 g/mol. The second-order valence-electron chi connectivity index (χ2n) is 7.43. The Kier molecular flexibility index (Phi) is 5.70. The SMILES string of the molecule is COC(OC)[C@@H]1[C@@H](C(C)C)CC=C(C)[C@@H]1C[C@H]1O[C@]1(C)CO. The van der Waals surface area contributed by atoms with Crippen molar-refractivity contribution in [1.29, 1.82) is 0 Å². The number of hydrogen-bond acceptors (Lipinski definition) is 4. The van der Waals surface area contributed by atoms with Crippen LogP contribution in [0, 0.1) is 23.7 Å². The molecule has 0 aromatic carbocycles. The van der Waals surface area contributed by atoms with Crippen LogP contribution in [0.2, 0.25) is 0 Å². The molecule has 1 aliphatic heterocycles. The van der Waals surface area contributed by atoms with Crippen LogP contribution in [0.5, 0.6) is 0 Å². The average Bonchev–Trinajstić information content (AvgIpc) is 3.14. The number of allylic oxidation sites excluding steroid dienone is 2. The van der Waals surface area contributed by atoms with E-state index in [1.54, 1.807) is 14.2 Å². The molecule has 0 aromatic heterocycles. The van der Waals surface area contributed by atoms with Gasteiger partial charge in [0.2, 0.25) is 0 Å². The maximum absolute atomic E-state index is 9.45. The molecule has 4 heteroatoms. The first kappa shape index (κ1) is 17.9. The summed E-state index contributed by atoms with van der Waals surface area (Å²) in [6, 6.07) is 0. The van der Waals surface area contributed by atoms with Gasteiger partial charge in [0, 0.05) is 20.1 Å². The molecule has 0 spiro atoms. The number of hydrogen-bond donors (Lipinski definition) is 1. The van der Waals surface area contributed by atoms with Crippen LogP contribution in [-0.2, 0) is 14.2 Å². The molecular weight excluding hydrogens is 280 g/mol. The quantitative estimate of drug-likeness (QED) is 0.446. The van der Waals surface area contributed by atoms with Crippen molar-refractivity contribution < 1.29 is 19.3 Å². The van der Waals surface area contributed by atoms with Gasteiger partial charge in [-0.25, -0.2) is 0 Å². The molecule has 0 aromatic rings. The molecule has 0 amide bonds. The molecule has 128 valence electrons. The Bertz CT molecular complexity index is 402. The first-order valence-electron chi connectivity index (χ1n) is 8.38. The first-order valence-corrected chi connectivity index (χ1v) is 8.38. The zero-order valence-corrected chi connectivity index (χ0v) is 14.8. The predicted molar refractivity (Wildman–Crippen MR) is 86.5 cm³/mol. The third-order valence-corrected chi connectivity index (χ3v) is 5.71. The molecule has 2 rings (SSSR count). The van der Waals surface area contributed by atoms with Crippen molar-refractivity contribution in [3.05, 3.63) is 11.6 Å². The van der Waals surface area contributed by atoms with Gasteiger partial charge in [0.1, 0.15) is 5.60 Å². The van der Waals surface area contributed by atoms with Crippen LogP contribution in [0.3, 0.4) is 0 Å². The van der Waals surface area contributed by atoms with E-state index in [0.29, 0.717) is 23.7 Å². The largest absolute Gasteiger partial charge is 0.393 e. The highest BCUT2D eigenvalue weighted by atomic mass is 16.7. The number of ether oxygens (including phenoxy) is 3. The normalized spacial score (nSPS) is 38.5. The van der Waals surface area contributed by atoms with E-state index in [2.05, 4.69) is 26.8 Å². The minimum atomic E-state index is -0.356. The molecule has 1 aliphatic carbocycles. The minimum Gasteiger partial charge on any atom is -0.393 e. The molecule has 0 bridgehead atoms. The lowest BCUT2D eigenvalue weighted by Gasteiger charge is -2.42. The van der Waals surface area contributed by atoms with E-state index >= 15 is 0 Å². The standard InChI is InChI=1S/C18H32O4/c1-11(2)13-8-7-12(3)14(16(13)17(20-5)21-6)9-15-18(4,10-19)22-15/h7,11,13-17,19H,8-10H2,1-6H3/t13-,14+,15-,16-,18-/m1/s1. The van der Waals surface area contributed by atoms with Crippen LogP contribution in [0.4, 0.5) is 0 Å². The molecule has 1 saturated heterocycles. The summed E-state index contributed by atoms with van der Waals surface area (Å²) in [5, 5.41) is 9.45. The predicted octanol–water partition coefficient (Wildman–Crippen LogP) is 3.00. The van der Waals surface area contributed by atoms with E-state index in [0.717, 1.165) is 12.8 Å². The summed E-state index contributed by atoms with van der Waals surface area (Å²) in [6.45, 7) is 8.82. The molecule has 0 radical (unpaired) electrons. The van der Waals surface area contributed by atoms with Gasteiger partial charge >= 0.3 is 0 Å². The first-order chi connectivity index (χ1) is 10.4. The van der Waals surface area contributed by atoms with Crippen molar-refractivity contribution in [2.75, 3.05) is 20.8 Å². The third kappa shape index (κ3) is 3.40. The lowest BCUT2D eigenvalue weighted by Crippen LogP contribution is -2.42. The van der Waals surface area contributed by atoms with Crippen LogP contribution in [0.25, 0.3) is 0 Å². The van der Waals surface area contributed by atoms with Crippen LogP contribution in [-0.4, -0.2) is 43.9 Å². The molecule has 1 fully saturated rings. The summed E-state index contributed by atoms with van der Waals surface area (Å²) in [4.78, 5) is 0. The van der Waals surface area contributed by atoms with E-state index in [4.69, 9.17) is 14.2 Å². The fourth-order valence-electron chi connectivity index (χ4n) is 4.05. The topological polar surface area (TPSA) is 51.2 Å². The molecule has 4 nitrogen and oxygen atoms in total. The van der Waals surface area contributed by atoms with Crippen molar-refractivity contribution >= 4 is 0 Å². The highest BCUT2D eigenvalue weighted by molar-refractivity contribution is 5.15. The number of aliphatic hydroxyl groups is 1. The van der Waals surface area contributed by atoms with Crippen molar-refractivity contribution in [3.63, 3.8) is 0 Å². The summed E-state index contributed by atoms with van der Waals surface area (Å²) >= 11 is 0. The lowest BCUT2D eigenvalue weighted by atomic mass is 9.66. The Labute approximate surface area is 134 Å². The van der Waals surface area contributed by atoms with Gasteiger partial charge in [-0.15, -0.1) is 0 Å². The van der Waals surface area contributed by atoms with Gasteiger partial charge in [0.15, 0.2) is 6.29 Å². The van der Waals surface area contributed by atoms with E-state index < -0.39 is 0 Å². The Morgan fingerprint density at radius 2 is 2.00 bits per heavy atom. The van der Waals surface area contributed by atoms with Crippen LogP contribution < -0.4 is 0 Å². The average molecular weight is 312 g/mol. The van der Waals surface area contributed by atoms with Gasteiger partial charge in [0.05, 0.1) is 12.7 Å². The number of rotatable bonds is 7. The fraction of sp³-hybridized carbons (Fsp3) is 0.889. The molecule has 2 aliphatic rings. The second-order valence-corrected chi connectivity index (χ2v) is 7.43. The van der Waals surface area contributed by atoms with Crippen molar-refractivity contribution in [2.24, 2.45) is 23.7 Å². The Balaban J connectivity index is 2.21. The zero-order valence-electron chi connectivity index (χ0n) is 14.8. The lowest BCUT2D eigenvalue weighted by molar-refractivity contribution is -0.166. The number of epoxide rings is 1. The van der Waals surface area contributed by atoms with E-state index in [1.807, 2.05) is 6.92 Å². The van der Waals surface area contributed by atoms with E-state index in [9.17, 15) is 5.11 Å². The third-order valence-electron chi connectivity index (χ3n) is 5.71. The highest BCUT2D eigenvalue weighted by Gasteiger charge is 2.54. The van der Waals surface area contributed by atoms with Gasteiger partial charge in [-0.3, -0.25) is 0 Å². The minimum absolute atomic E-state index is 0.0867. The van der Waals surface area contributed by atoms with Crippen molar-refractivity contribution in [1.82, 2.24) is 0 Å². The Hall–Kier alpha value is -0.420. The Morgan fingerprint density at radius 1 is 1.36 bits per heavy atom. The van der Waals surface area contributed by atoms with Gasteiger partial charge in [-0.2, -0.15) is 0 Å². The summed E-state index contributed by atoms with van der Waals surface area (Å²) in [5.74, 6) is 1.82. The van der Waals surface area contributed by atoms with Gasteiger partial charge in [-0.05, 0) is 44.4 Å². The molecule has 22 heavy (non-hydrogen) atoms. The van der Waals surface area contributed by atoms with E-state index in [-0.39, 0.29) is 24.6 Å². The molecule has 1 N–H and O–H groups in total. The van der Waals surface area contributed by atoms with Gasteiger partial charge in [-0.1, -0.05) is 25.5 Å². The van der Waals surface area contributed by atoms with E-state index in [1.165, 1.54) is 5.57 Å². The second kappa shape index (κ2) is 7.00. The fourth-order valence-corrected chi connectivity index (χ4v) is 4.05. The highest BCUT2D eigenvalue weighted by Crippen LogP contribution is 2.48. The van der Waals surface area contributed by atoms with Crippen LogP contribution in [0.15, 0.2) is 11.6 Å². The molecule has 1 heterocycles. The number of methoxy groups -OCH3 is 2. The van der Waals surface area contributed by atoms with Crippen LogP contribution >= 0.6 is 0 Å². The summed E-state index contributed by atoms with van der Waals surface area (Å²) in [5.41, 5.74) is 1.04. The van der Waals surface area contributed by atoms with Gasteiger partial charge < -0.3 is 19.3 Å². The van der Waals surface area contributed by atoms with Crippen molar-refractivity contribution in [3.8, 4) is 0 Å². The molecule has 0 saturated carbocycles. The smallest absolute Gasteiger partial charge is 0.160 e. The zero-order chi connectivity index (χ0) is 16.5. The molecule has 5 atom stereocenters. The van der Waals surface area contributed by atoms with Crippen LogP contribution in [0.1, 0.15) is 40.5 Å². The molecular formula is C18H32O4. The maximum Gasteiger partial charge on any atom is 0.160 e. The number of aliphatic hydroxyl groups excluding tert-OH is 1. The summed E-state index contributed by atoms with van der Waals surface area (Å²) in [7, 11) is 3.45. The summed E-state index contributed by atoms with van der Waals surface area (Å²) in [6.07, 6.45) is 4.31.